The molecule has 0 aromatic carbocycles. The maximum atomic E-state index is 12.4. The van der Waals surface area contributed by atoms with Crippen molar-refractivity contribution in [2.45, 2.75) is 174 Å². The van der Waals surface area contributed by atoms with Crippen LogP contribution >= 0.6 is 0 Å². The van der Waals surface area contributed by atoms with Gasteiger partial charge in [0.15, 0.2) is 0 Å². The van der Waals surface area contributed by atoms with E-state index in [2.05, 4.69) is 13.8 Å². The van der Waals surface area contributed by atoms with Gasteiger partial charge in [-0.1, -0.05) is 136 Å². The SMILES string of the molecule is CCCCCCCCCCCCCCC(C(O)O)[NH+]([O-])CCCCCCCCCCCC. The first-order valence-corrected chi connectivity index (χ1v) is 14.5. The molecule has 3 N–H and O–H groups in total. The van der Waals surface area contributed by atoms with E-state index >= 15 is 0 Å². The largest absolute Gasteiger partial charge is 0.634 e. The van der Waals surface area contributed by atoms with Crippen LogP contribution in [0.1, 0.15) is 162 Å². The Bertz CT molecular complexity index is 352. The molecular formula is C28H59NO3. The zero-order chi connectivity index (χ0) is 23.7. The molecule has 0 amide bonds. The summed E-state index contributed by atoms with van der Waals surface area (Å²) in [6.45, 7) is 5.02. The fourth-order valence-corrected chi connectivity index (χ4v) is 4.65. The van der Waals surface area contributed by atoms with E-state index in [1.165, 1.54) is 116 Å². The van der Waals surface area contributed by atoms with Gasteiger partial charge in [0.25, 0.3) is 0 Å². The number of aliphatic hydroxyl groups excluding tert-OH is 1. The Morgan fingerprint density at radius 2 is 0.812 bits per heavy atom. The Kier molecular flexibility index (Phi) is 25.3. The Labute approximate surface area is 201 Å². The second kappa shape index (κ2) is 25.5. The second-order valence-electron chi connectivity index (χ2n) is 10.1. The molecule has 0 heterocycles. The lowest BCUT2D eigenvalue weighted by Gasteiger charge is -2.32. The summed E-state index contributed by atoms with van der Waals surface area (Å²) in [6, 6.07) is -0.573. The zero-order valence-corrected chi connectivity index (χ0v) is 21.9. The molecule has 0 fully saturated rings. The highest BCUT2D eigenvalue weighted by Crippen LogP contribution is 2.13. The molecule has 0 aliphatic rings. The second-order valence-corrected chi connectivity index (χ2v) is 10.1. The van der Waals surface area contributed by atoms with Crippen molar-refractivity contribution in [3.63, 3.8) is 0 Å². The van der Waals surface area contributed by atoms with Gasteiger partial charge in [-0.25, -0.2) is 0 Å². The molecule has 0 aromatic rings. The molecule has 4 heteroatoms. The van der Waals surface area contributed by atoms with Gasteiger partial charge in [-0.05, 0) is 19.3 Å². The van der Waals surface area contributed by atoms with Crippen molar-refractivity contribution in [1.29, 1.82) is 0 Å². The highest BCUT2D eigenvalue weighted by Gasteiger charge is 2.22. The topological polar surface area (TPSA) is 68.0 Å². The molecule has 0 saturated heterocycles. The van der Waals surface area contributed by atoms with E-state index < -0.39 is 12.3 Å². The maximum absolute atomic E-state index is 12.4. The van der Waals surface area contributed by atoms with Gasteiger partial charge in [-0.15, -0.1) is 0 Å². The third kappa shape index (κ3) is 21.7. The molecule has 0 aliphatic heterocycles. The normalized spacial score (nSPS) is 13.7. The van der Waals surface area contributed by atoms with Crippen LogP contribution in [0.4, 0.5) is 0 Å². The maximum Gasteiger partial charge on any atom is 0.205 e. The van der Waals surface area contributed by atoms with E-state index in [0.717, 1.165) is 25.7 Å². The van der Waals surface area contributed by atoms with Crippen LogP contribution in [-0.2, 0) is 0 Å². The van der Waals surface area contributed by atoms with Gasteiger partial charge in [0.05, 0.1) is 6.54 Å². The lowest BCUT2D eigenvalue weighted by molar-refractivity contribution is -0.884. The summed E-state index contributed by atoms with van der Waals surface area (Å²) in [6.07, 6.45) is 27.1. The standard InChI is InChI=1S/C28H59NO3/c1-3-5-7-9-11-13-15-16-17-19-21-23-25-27(28(30)31)29(32)26-24-22-20-18-14-12-10-8-6-4-2/h27-31H,3-26H2,1-2H3. The predicted octanol–water partition coefficient (Wildman–Crippen LogP) is 7.06. The Morgan fingerprint density at radius 1 is 0.500 bits per heavy atom. The summed E-state index contributed by atoms with van der Waals surface area (Å²) in [5.74, 6) is 0. The van der Waals surface area contributed by atoms with Crippen LogP contribution in [0.5, 0.6) is 0 Å². The van der Waals surface area contributed by atoms with E-state index in [4.69, 9.17) is 0 Å². The van der Waals surface area contributed by atoms with Crippen molar-refractivity contribution >= 4 is 0 Å². The molecule has 0 radical (unpaired) electrons. The van der Waals surface area contributed by atoms with Gasteiger partial charge in [0.2, 0.25) is 6.29 Å². The highest BCUT2D eigenvalue weighted by atomic mass is 16.5. The number of rotatable bonds is 26. The van der Waals surface area contributed by atoms with Crippen LogP contribution in [-0.4, -0.2) is 29.1 Å². The number of nitrogens with one attached hydrogen (secondary N) is 1. The van der Waals surface area contributed by atoms with E-state index in [0.29, 0.717) is 13.0 Å². The van der Waals surface area contributed by atoms with Crippen molar-refractivity contribution in [2.24, 2.45) is 0 Å². The van der Waals surface area contributed by atoms with Gasteiger partial charge < -0.3 is 20.5 Å². The number of unbranched alkanes of at least 4 members (excludes halogenated alkanes) is 20. The minimum Gasteiger partial charge on any atom is -0.634 e. The summed E-state index contributed by atoms with van der Waals surface area (Å²) in [5, 5.41) is 31.8. The van der Waals surface area contributed by atoms with Gasteiger partial charge in [-0.3, -0.25) is 0 Å². The van der Waals surface area contributed by atoms with Gasteiger partial charge in [-0.2, -0.15) is 0 Å². The van der Waals surface area contributed by atoms with E-state index in [-0.39, 0.29) is 5.06 Å². The van der Waals surface area contributed by atoms with Crippen molar-refractivity contribution in [3.8, 4) is 0 Å². The van der Waals surface area contributed by atoms with Gasteiger partial charge in [0.1, 0.15) is 6.04 Å². The molecule has 194 valence electrons. The average molecular weight is 458 g/mol. The lowest BCUT2D eigenvalue weighted by Crippen LogP contribution is -3.12. The van der Waals surface area contributed by atoms with Crippen LogP contribution in [0, 0.1) is 5.21 Å². The fraction of sp³-hybridized carbons (Fsp3) is 1.00. The first-order chi connectivity index (χ1) is 15.6. The molecule has 4 nitrogen and oxygen atoms in total. The summed E-state index contributed by atoms with van der Waals surface area (Å²) in [4.78, 5) is 0. The minimum atomic E-state index is -1.49. The number of hydrogen-bond donors (Lipinski definition) is 3. The summed E-state index contributed by atoms with van der Waals surface area (Å²) < 4.78 is 0. The summed E-state index contributed by atoms with van der Waals surface area (Å²) in [7, 11) is 0. The molecule has 0 aromatic heterocycles. The van der Waals surface area contributed by atoms with Gasteiger partial charge >= 0.3 is 0 Å². The molecule has 0 spiro atoms. The zero-order valence-electron chi connectivity index (χ0n) is 21.9. The molecule has 32 heavy (non-hydrogen) atoms. The van der Waals surface area contributed by atoms with Crippen LogP contribution in [0.2, 0.25) is 0 Å². The van der Waals surface area contributed by atoms with Crippen LogP contribution in [0.15, 0.2) is 0 Å². The van der Waals surface area contributed by atoms with Crippen LogP contribution in [0.3, 0.4) is 0 Å². The fourth-order valence-electron chi connectivity index (χ4n) is 4.65. The van der Waals surface area contributed by atoms with Crippen molar-refractivity contribution in [3.05, 3.63) is 5.21 Å². The first-order valence-electron chi connectivity index (χ1n) is 14.5. The van der Waals surface area contributed by atoms with Crippen LogP contribution < -0.4 is 5.06 Å². The van der Waals surface area contributed by atoms with Gasteiger partial charge in [0, 0.05) is 6.42 Å². The Hall–Kier alpha value is -0.160. The highest BCUT2D eigenvalue weighted by molar-refractivity contribution is 4.60. The van der Waals surface area contributed by atoms with E-state index in [1.807, 2.05) is 0 Å². The monoisotopic (exact) mass is 457 g/mol. The molecule has 0 aliphatic carbocycles. The molecule has 0 saturated carbocycles. The molecule has 0 bridgehead atoms. The third-order valence-electron chi connectivity index (χ3n) is 6.92. The summed E-state index contributed by atoms with van der Waals surface area (Å²) in [5.41, 5.74) is 0. The molecule has 2 unspecified atom stereocenters. The Morgan fingerprint density at radius 3 is 1.16 bits per heavy atom. The third-order valence-corrected chi connectivity index (χ3v) is 6.92. The smallest absolute Gasteiger partial charge is 0.205 e. The minimum absolute atomic E-state index is 0.0580. The number of hydrogen-bond acceptors (Lipinski definition) is 3. The quantitative estimate of drug-likeness (QED) is 0.0739. The average Bonchev–Trinajstić information content (AvgIpc) is 2.77. The van der Waals surface area contributed by atoms with Crippen molar-refractivity contribution in [2.75, 3.05) is 6.54 Å². The van der Waals surface area contributed by atoms with Crippen molar-refractivity contribution in [1.82, 2.24) is 0 Å². The first kappa shape index (κ1) is 31.8. The van der Waals surface area contributed by atoms with E-state index in [1.54, 1.807) is 0 Å². The van der Waals surface area contributed by atoms with Crippen molar-refractivity contribution < 1.29 is 15.3 Å². The number of quaternary nitrogens is 1. The Balaban J connectivity index is 3.59. The van der Waals surface area contributed by atoms with E-state index in [9.17, 15) is 15.4 Å². The molecule has 0 rings (SSSR count). The molecular weight excluding hydrogens is 398 g/mol. The number of aliphatic hydroxyl groups is 2. The lowest BCUT2D eigenvalue weighted by atomic mass is 10.0. The summed E-state index contributed by atoms with van der Waals surface area (Å²) >= 11 is 0. The molecule has 2 atom stereocenters. The number of hydroxylamine groups is 2. The van der Waals surface area contributed by atoms with Crippen LogP contribution in [0.25, 0.3) is 0 Å². The predicted molar refractivity (Wildman–Crippen MR) is 139 cm³/mol.